The number of hydrogen-bond acceptors (Lipinski definition) is 5. The zero-order valence-corrected chi connectivity index (χ0v) is 17.5. The molecule has 0 aliphatic heterocycles. The Bertz CT molecular complexity index is 1490. The quantitative estimate of drug-likeness (QED) is 0.455. The lowest BCUT2D eigenvalue weighted by Gasteiger charge is -2.10. The maximum atomic E-state index is 12.6. The Morgan fingerprint density at radius 3 is 2.68 bits per heavy atom. The minimum atomic E-state index is -0.310. The van der Waals surface area contributed by atoms with Crippen LogP contribution in [-0.4, -0.2) is 20.4 Å². The summed E-state index contributed by atoms with van der Waals surface area (Å²) >= 11 is 1.65. The van der Waals surface area contributed by atoms with Gasteiger partial charge in [-0.15, -0.1) is 11.3 Å². The minimum absolute atomic E-state index is 0.0825. The number of carbonyl (C=O) groups excluding carboxylic acids is 1. The van der Waals surface area contributed by atoms with Gasteiger partial charge in [0.2, 0.25) is 5.91 Å². The first kappa shape index (κ1) is 19.1. The molecule has 2 aromatic heterocycles. The van der Waals surface area contributed by atoms with Gasteiger partial charge >= 0.3 is 0 Å². The summed E-state index contributed by atoms with van der Waals surface area (Å²) in [4.78, 5) is 33.6. The first-order valence-electron chi connectivity index (χ1n) is 9.79. The van der Waals surface area contributed by atoms with Crippen LogP contribution in [0.4, 0.5) is 5.69 Å². The number of hydrogen-bond donors (Lipinski definition) is 1. The largest absolute Gasteiger partial charge is 0.325 e. The lowest BCUT2D eigenvalue weighted by atomic mass is 10.2. The van der Waals surface area contributed by atoms with E-state index in [0.29, 0.717) is 16.7 Å². The van der Waals surface area contributed by atoms with E-state index in [1.54, 1.807) is 17.4 Å². The number of aromatic nitrogens is 3. The molecular formula is C24H18N4O2S. The van der Waals surface area contributed by atoms with Crippen LogP contribution >= 0.6 is 11.3 Å². The third-order valence-corrected chi connectivity index (χ3v) is 6.08. The Hall–Kier alpha value is -3.84. The van der Waals surface area contributed by atoms with Gasteiger partial charge in [-0.2, -0.15) is 0 Å². The van der Waals surface area contributed by atoms with Gasteiger partial charge in [-0.1, -0.05) is 18.2 Å². The van der Waals surface area contributed by atoms with Crippen LogP contribution in [0.5, 0.6) is 0 Å². The van der Waals surface area contributed by atoms with Gasteiger partial charge in [-0.05, 0) is 61.0 Å². The topological polar surface area (TPSA) is 76.9 Å². The van der Waals surface area contributed by atoms with Crippen molar-refractivity contribution in [2.75, 3.05) is 5.32 Å². The van der Waals surface area contributed by atoms with Crippen LogP contribution in [0.25, 0.3) is 31.8 Å². The normalized spacial score (nSPS) is 11.1. The molecule has 0 bridgehead atoms. The molecule has 0 aliphatic carbocycles. The molecule has 31 heavy (non-hydrogen) atoms. The zero-order chi connectivity index (χ0) is 21.4. The first-order valence-corrected chi connectivity index (χ1v) is 10.6. The predicted octanol–water partition coefficient (Wildman–Crippen LogP) is 4.62. The maximum absolute atomic E-state index is 12.6. The van der Waals surface area contributed by atoms with Crippen LogP contribution in [0.2, 0.25) is 0 Å². The molecule has 0 radical (unpaired) electrons. The molecule has 0 atom stereocenters. The second-order valence-electron chi connectivity index (χ2n) is 7.29. The summed E-state index contributed by atoms with van der Waals surface area (Å²) in [5.74, 6) is -0.276. The van der Waals surface area contributed by atoms with Crippen molar-refractivity contribution in [2.45, 2.75) is 13.5 Å². The fourth-order valence-corrected chi connectivity index (χ4v) is 4.54. The van der Waals surface area contributed by atoms with E-state index in [4.69, 9.17) is 4.98 Å². The number of carbonyl (C=O) groups is 1. The molecule has 7 heteroatoms. The van der Waals surface area contributed by atoms with Gasteiger partial charge in [0.1, 0.15) is 11.6 Å². The Kier molecular flexibility index (Phi) is 4.80. The summed E-state index contributed by atoms with van der Waals surface area (Å²) in [6, 6.07) is 21.1. The van der Waals surface area contributed by atoms with Crippen molar-refractivity contribution in [3.63, 3.8) is 0 Å². The van der Waals surface area contributed by atoms with Crippen molar-refractivity contribution >= 4 is 44.2 Å². The van der Waals surface area contributed by atoms with Crippen molar-refractivity contribution in [3.8, 4) is 10.6 Å². The third kappa shape index (κ3) is 3.83. The van der Waals surface area contributed by atoms with Gasteiger partial charge in [0.05, 0.1) is 27.4 Å². The third-order valence-electron chi connectivity index (χ3n) is 5.01. The number of para-hydroxylation sites is 2. The smallest absolute Gasteiger partial charge is 0.269 e. The summed E-state index contributed by atoms with van der Waals surface area (Å²) in [5.41, 5.74) is 4.84. The van der Waals surface area contributed by atoms with Gasteiger partial charge in [0.25, 0.3) is 5.56 Å². The van der Waals surface area contributed by atoms with E-state index >= 15 is 0 Å². The van der Waals surface area contributed by atoms with Gasteiger partial charge in [-0.25, -0.2) is 9.97 Å². The molecule has 0 saturated heterocycles. The molecule has 6 nitrogen and oxygen atoms in total. The highest BCUT2D eigenvalue weighted by Crippen LogP contribution is 2.31. The van der Waals surface area contributed by atoms with Gasteiger partial charge < -0.3 is 5.32 Å². The van der Waals surface area contributed by atoms with Gasteiger partial charge in [0.15, 0.2) is 0 Å². The maximum Gasteiger partial charge on any atom is 0.269 e. The predicted molar refractivity (Wildman–Crippen MR) is 124 cm³/mol. The summed E-state index contributed by atoms with van der Waals surface area (Å²) in [5, 5.41) is 3.80. The molecule has 152 valence electrons. The van der Waals surface area contributed by atoms with E-state index in [2.05, 4.69) is 29.4 Å². The molecule has 0 fully saturated rings. The number of fused-ring (bicyclic) bond motifs is 2. The molecule has 1 N–H and O–H groups in total. The van der Waals surface area contributed by atoms with E-state index in [1.807, 2.05) is 48.5 Å². The fourth-order valence-electron chi connectivity index (χ4n) is 3.47. The molecule has 0 spiro atoms. The number of rotatable bonds is 4. The zero-order valence-electron chi connectivity index (χ0n) is 16.7. The lowest BCUT2D eigenvalue weighted by Crippen LogP contribution is -2.27. The molecule has 0 saturated carbocycles. The van der Waals surface area contributed by atoms with E-state index in [9.17, 15) is 9.59 Å². The van der Waals surface area contributed by atoms with Gasteiger partial charge in [-0.3, -0.25) is 14.2 Å². The summed E-state index contributed by atoms with van der Waals surface area (Å²) in [6.45, 7) is 1.99. The van der Waals surface area contributed by atoms with Crippen LogP contribution in [0.15, 0.2) is 77.7 Å². The molecular weight excluding hydrogens is 408 g/mol. The highest BCUT2D eigenvalue weighted by Gasteiger charge is 2.10. The average molecular weight is 427 g/mol. The van der Waals surface area contributed by atoms with Crippen molar-refractivity contribution in [3.05, 3.63) is 88.8 Å². The molecule has 1 amide bonds. The van der Waals surface area contributed by atoms with Crippen LogP contribution in [0.1, 0.15) is 5.56 Å². The molecule has 3 aromatic carbocycles. The highest BCUT2D eigenvalue weighted by molar-refractivity contribution is 7.21. The van der Waals surface area contributed by atoms with E-state index in [1.165, 1.54) is 16.3 Å². The van der Waals surface area contributed by atoms with Crippen molar-refractivity contribution < 1.29 is 4.79 Å². The monoisotopic (exact) mass is 426 g/mol. The summed E-state index contributed by atoms with van der Waals surface area (Å²) < 4.78 is 2.58. The standard InChI is InChI=1S/C24H18N4O2S/c1-15-6-11-19-21(12-15)31-24(27-19)16-7-9-17(10-8-16)26-22(29)14-28-20-5-3-2-4-18(20)25-13-23(28)30/h2-13H,14H2,1H3,(H,26,29). The lowest BCUT2D eigenvalue weighted by molar-refractivity contribution is -0.116. The Morgan fingerprint density at radius 2 is 1.84 bits per heavy atom. The average Bonchev–Trinajstić information content (AvgIpc) is 3.19. The minimum Gasteiger partial charge on any atom is -0.325 e. The molecule has 2 heterocycles. The van der Waals surface area contributed by atoms with Crippen molar-refractivity contribution in [1.29, 1.82) is 0 Å². The van der Waals surface area contributed by atoms with Crippen LogP contribution in [0.3, 0.4) is 0 Å². The summed E-state index contributed by atoms with van der Waals surface area (Å²) in [6.07, 6.45) is 1.24. The number of nitrogens with one attached hydrogen (secondary N) is 1. The number of amides is 1. The van der Waals surface area contributed by atoms with Gasteiger partial charge in [0, 0.05) is 11.3 Å². The number of thiazole rings is 1. The van der Waals surface area contributed by atoms with Crippen LogP contribution in [0, 0.1) is 6.92 Å². The highest BCUT2D eigenvalue weighted by atomic mass is 32.1. The molecule has 0 unspecified atom stereocenters. The molecule has 5 aromatic rings. The second kappa shape index (κ2) is 7.77. The number of benzene rings is 3. The first-order chi connectivity index (χ1) is 15.1. The number of nitrogens with zero attached hydrogens (tertiary/aromatic N) is 3. The number of aryl methyl sites for hydroxylation is 1. The summed E-state index contributed by atoms with van der Waals surface area (Å²) in [7, 11) is 0. The van der Waals surface area contributed by atoms with E-state index < -0.39 is 0 Å². The van der Waals surface area contributed by atoms with Crippen LogP contribution in [-0.2, 0) is 11.3 Å². The number of anilines is 1. The van der Waals surface area contributed by atoms with E-state index in [-0.39, 0.29) is 18.0 Å². The molecule has 0 aliphatic rings. The Balaban J connectivity index is 1.34. The Morgan fingerprint density at radius 1 is 1.03 bits per heavy atom. The Labute approximate surface area is 181 Å². The van der Waals surface area contributed by atoms with Crippen molar-refractivity contribution in [2.24, 2.45) is 0 Å². The fraction of sp³-hybridized carbons (Fsp3) is 0.0833. The molecule has 5 rings (SSSR count). The second-order valence-corrected chi connectivity index (χ2v) is 8.32. The van der Waals surface area contributed by atoms with Crippen LogP contribution < -0.4 is 10.9 Å². The SMILES string of the molecule is Cc1ccc2nc(-c3ccc(NC(=O)Cn4c(=O)cnc5ccccc54)cc3)sc2c1. The van der Waals surface area contributed by atoms with E-state index in [0.717, 1.165) is 20.8 Å². The van der Waals surface area contributed by atoms with Crippen molar-refractivity contribution in [1.82, 2.24) is 14.5 Å².